The molecule has 1 rings (SSSR count). The molecule has 0 aliphatic carbocycles. The zero-order valence-electron chi connectivity index (χ0n) is 5.84. The second-order valence-corrected chi connectivity index (χ2v) is 2.00. The van der Waals surface area contributed by atoms with Crippen LogP contribution >= 0.6 is 0 Å². The normalized spacial score (nSPS) is 8.62. The molecule has 0 aliphatic rings. The van der Waals surface area contributed by atoms with Crippen LogP contribution in [0.5, 0.6) is 0 Å². The standard InChI is InChI=1S/C6H4N2O4.Na.H/c9-7(10)5-3-1-2-4-6(5)8(11)12;;/h1-4H;;. The van der Waals surface area contributed by atoms with Crippen molar-refractivity contribution in [1.82, 2.24) is 0 Å². The number of rotatable bonds is 2. The number of nitrogens with zero attached hydrogens (tertiary/aromatic N) is 2. The van der Waals surface area contributed by atoms with Crippen molar-refractivity contribution in [1.29, 1.82) is 0 Å². The zero-order valence-corrected chi connectivity index (χ0v) is 5.84. The molecule has 0 spiro atoms. The fraction of sp³-hybridized carbons (Fsp3) is 0. The molecule has 0 N–H and O–H groups in total. The molecule has 0 aliphatic heterocycles. The van der Waals surface area contributed by atoms with Gasteiger partial charge in [-0.1, -0.05) is 12.1 Å². The van der Waals surface area contributed by atoms with E-state index in [9.17, 15) is 20.2 Å². The summed E-state index contributed by atoms with van der Waals surface area (Å²) in [5.41, 5.74) is -0.968. The van der Waals surface area contributed by atoms with Crippen LogP contribution in [0.2, 0.25) is 0 Å². The second-order valence-electron chi connectivity index (χ2n) is 2.00. The van der Waals surface area contributed by atoms with Gasteiger partial charge in [-0.15, -0.1) is 0 Å². The minimum absolute atomic E-state index is 0. The predicted octanol–water partition coefficient (Wildman–Crippen LogP) is 0.854. The third-order valence-corrected chi connectivity index (χ3v) is 1.28. The van der Waals surface area contributed by atoms with Gasteiger partial charge in [0.05, 0.1) is 9.85 Å². The Bertz CT molecular complexity index is 308. The molecule has 6 nitrogen and oxygen atoms in total. The third-order valence-electron chi connectivity index (χ3n) is 1.28. The Hall–Kier alpha value is -0.980. The van der Waals surface area contributed by atoms with E-state index in [-0.39, 0.29) is 29.6 Å². The van der Waals surface area contributed by atoms with Crippen molar-refractivity contribution in [2.45, 2.75) is 0 Å². The van der Waals surface area contributed by atoms with E-state index in [1.807, 2.05) is 0 Å². The molecule has 0 saturated heterocycles. The van der Waals surface area contributed by atoms with Crippen molar-refractivity contribution in [3.63, 3.8) is 0 Å². The Morgan fingerprint density at radius 1 is 0.923 bits per heavy atom. The van der Waals surface area contributed by atoms with Crippen molar-refractivity contribution in [3.05, 3.63) is 44.5 Å². The van der Waals surface area contributed by atoms with Gasteiger partial charge in [-0.05, 0) is 0 Å². The van der Waals surface area contributed by atoms with Crippen LogP contribution in [0.1, 0.15) is 0 Å². The van der Waals surface area contributed by atoms with Gasteiger partial charge < -0.3 is 0 Å². The maximum absolute atomic E-state index is 10.2. The molecule has 0 atom stereocenters. The molecule has 0 aromatic heterocycles. The fourth-order valence-corrected chi connectivity index (χ4v) is 0.773. The first-order chi connectivity index (χ1) is 5.63. The van der Waals surface area contributed by atoms with Crippen molar-refractivity contribution >= 4 is 40.9 Å². The number of nitro benzene ring substituents is 2. The Labute approximate surface area is 95.2 Å². The van der Waals surface area contributed by atoms with Gasteiger partial charge in [0.15, 0.2) is 0 Å². The van der Waals surface area contributed by atoms with Gasteiger partial charge >= 0.3 is 40.9 Å². The molecule has 0 saturated carbocycles. The summed E-state index contributed by atoms with van der Waals surface area (Å²) >= 11 is 0. The Morgan fingerprint density at radius 2 is 1.23 bits per heavy atom. The first kappa shape index (κ1) is 12.0. The molecular formula is C6H5N2NaO4. The Balaban J connectivity index is 0.00000144. The van der Waals surface area contributed by atoms with E-state index in [1.165, 1.54) is 12.1 Å². The van der Waals surface area contributed by atoms with Gasteiger partial charge in [0.1, 0.15) is 0 Å². The van der Waals surface area contributed by atoms with E-state index in [0.717, 1.165) is 12.1 Å². The number of hydrogen-bond acceptors (Lipinski definition) is 4. The average Bonchev–Trinajstić information content (AvgIpc) is 2.04. The van der Waals surface area contributed by atoms with Gasteiger partial charge in [0.25, 0.3) is 0 Å². The predicted molar refractivity (Wildman–Crippen MR) is 46.9 cm³/mol. The first-order valence-electron chi connectivity index (χ1n) is 3.00. The number of para-hydroxylation sites is 2. The summed E-state index contributed by atoms with van der Waals surface area (Å²) in [4.78, 5) is 18.9. The third kappa shape index (κ3) is 2.76. The molecule has 7 heteroatoms. The molecule has 0 fully saturated rings. The molecule has 0 bridgehead atoms. The second kappa shape index (κ2) is 4.90. The van der Waals surface area contributed by atoms with Gasteiger partial charge in [-0.25, -0.2) is 0 Å². The molecule has 1 aromatic carbocycles. The first-order valence-corrected chi connectivity index (χ1v) is 3.00. The van der Waals surface area contributed by atoms with Gasteiger partial charge in [-0.3, -0.25) is 20.2 Å². The van der Waals surface area contributed by atoms with Crippen LogP contribution in [0.25, 0.3) is 0 Å². The Kier molecular flexibility index (Phi) is 4.53. The average molecular weight is 192 g/mol. The van der Waals surface area contributed by atoms with Crippen LogP contribution in [-0.2, 0) is 0 Å². The zero-order chi connectivity index (χ0) is 9.14. The van der Waals surface area contributed by atoms with Crippen LogP contribution in [0.4, 0.5) is 11.4 Å². The SMILES string of the molecule is O=[N+]([O-])c1ccccc1[N+](=O)[O-].[NaH]. The summed E-state index contributed by atoms with van der Waals surface area (Å²) in [6.45, 7) is 0. The van der Waals surface area contributed by atoms with Crippen LogP contribution in [0.15, 0.2) is 24.3 Å². The topological polar surface area (TPSA) is 86.3 Å². The Morgan fingerprint density at radius 3 is 1.46 bits per heavy atom. The summed E-state index contributed by atoms with van der Waals surface area (Å²) in [5.74, 6) is 0. The van der Waals surface area contributed by atoms with Crippen molar-refractivity contribution in [3.8, 4) is 0 Å². The van der Waals surface area contributed by atoms with Crippen molar-refractivity contribution in [2.75, 3.05) is 0 Å². The maximum atomic E-state index is 10.2. The summed E-state index contributed by atoms with van der Waals surface area (Å²) in [6, 6.07) is 4.95. The minimum atomic E-state index is -0.780. The monoisotopic (exact) mass is 192 g/mol. The molecule has 1 aromatic rings. The summed E-state index contributed by atoms with van der Waals surface area (Å²) < 4.78 is 0. The van der Waals surface area contributed by atoms with E-state index < -0.39 is 21.2 Å². The molecule has 13 heavy (non-hydrogen) atoms. The van der Waals surface area contributed by atoms with E-state index in [0.29, 0.717) is 0 Å². The number of hydrogen-bond donors (Lipinski definition) is 0. The van der Waals surface area contributed by atoms with Crippen LogP contribution in [0.3, 0.4) is 0 Å². The fourth-order valence-electron chi connectivity index (χ4n) is 0.773. The summed E-state index contributed by atoms with van der Waals surface area (Å²) in [7, 11) is 0. The summed E-state index contributed by atoms with van der Waals surface area (Å²) in [6.07, 6.45) is 0. The molecule has 0 radical (unpaired) electrons. The molecule has 0 amide bonds. The number of nitro groups is 2. The number of benzene rings is 1. The van der Waals surface area contributed by atoms with Crippen LogP contribution in [0, 0.1) is 20.2 Å². The van der Waals surface area contributed by atoms with Crippen LogP contribution < -0.4 is 0 Å². The van der Waals surface area contributed by atoms with Crippen molar-refractivity contribution in [2.24, 2.45) is 0 Å². The van der Waals surface area contributed by atoms with E-state index >= 15 is 0 Å². The molecule has 64 valence electrons. The van der Waals surface area contributed by atoms with E-state index in [4.69, 9.17) is 0 Å². The molecular weight excluding hydrogens is 187 g/mol. The van der Waals surface area contributed by atoms with Crippen molar-refractivity contribution < 1.29 is 9.85 Å². The van der Waals surface area contributed by atoms with Gasteiger partial charge in [0.2, 0.25) is 0 Å². The van der Waals surface area contributed by atoms with Crippen LogP contribution in [-0.4, -0.2) is 39.4 Å². The van der Waals surface area contributed by atoms with E-state index in [2.05, 4.69) is 0 Å². The van der Waals surface area contributed by atoms with E-state index in [1.54, 1.807) is 0 Å². The van der Waals surface area contributed by atoms with Gasteiger partial charge in [-0.2, -0.15) is 0 Å². The molecule has 0 unspecified atom stereocenters. The molecule has 0 heterocycles. The van der Waals surface area contributed by atoms with Gasteiger partial charge in [0, 0.05) is 12.1 Å². The summed E-state index contributed by atoms with van der Waals surface area (Å²) in [5, 5.41) is 20.5. The quantitative estimate of drug-likeness (QED) is 0.395.